The molecule has 3 aromatic carbocycles. The number of aliphatic imine (C=N–C) groups is 1. The molecular weight excluding hydrogens is 580 g/mol. The number of thioether (sulfide) groups is 1. The number of fused-ring (bicyclic) bond motifs is 1. The Morgan fingerprint density at radius 1 is 1.10 bits per heavy atom. The Morgan fingerprint density at radius 3 is 2.67 bits per heavy atom. The zero-order chi connectivity index (χ0) is 29.4. The second-order valence-corrected chi connectivity index (χ2v) is 9.94. The first-order valence-electron chi connectivity index (χ1n) is 12.3. The van der Waals surface area contributed by atoms with Crippen molar-refractivity contribution in [1.82, 2.24) is 14.8 Å². The number of amidine groups is 1. The summed E-state index contributed by atoms with van der Waals surface area (Å²) in [4.78, 5) is 34.9. The first-order valence-corrected chi connectivity index (χ1v) is 13.2. The van der Waals surface area contributed by atoms with E-state index in [1.54, 1.807) is 12.1 Å². The van der Waals surface area contributed by atoms with Crippen molar-refractivity contribution in [3.63, 3.8) is 0 Å². The van der Waals surface area contributed by atoms with Crippen molar-refractivity contribution in [2.75, 3.05) is 16.0 Å². The van der Waals surface area contributed by atoms with Crippen molar-refractivity contribution in [2.45, 2.75) is 19.6 Å². The van der Waals surface area contributed by atoms with Gasteiger partial charge in [0.25, 0.3) is 0 Å². The van der Waals surface area contributed by atoms with Crippen LogP contribution >= 0.6 is 11.8 Å². The molecule has 0 atom stereocenters. The van der Waals surface area contributed by atoms with Crippen LogP contribution in [-0.2, 0) is 22.7 Å². The van der Waals surface area contributed by atoms with Gasteiger partial charge < -0.3 is 14.8 Å². The lowest BCUT2D eigenvalue weighted by molar-refractivity contribution is -0.274. The van der Waals surface area contributed by atoms with Crippen LogP contribution in [0.15, 0.2) is 72.0 Å². The standard InChI is InChI=1S/C27H18F4N6O4S/c28-20-10-15(24-32-14-36(35-24)17-5-7-18(8-6-17)41-27(29,30)31)4-9-21(20)33-25(39)34-26-37(23(38)13-42-26)22-3-1-2-16-11-40-12-19(16)22/h1-10,14H,11-13H2,(H,33,39). The summed E-state index contributed by atoms with van der Waals surface area (Å²) in [6.07, 6.45) is -3.49. The summed E-state index contributed by atoms with van der Waals surface area (Å²) in [7, 11) is 0. The molecule has 3 heterocycles. The zero-order valence-electron chi connectivity index (χ0n) is 21.3. The summed E-state index contributed by atoms with van der Waals surface area (Å²) in [6, 6.07) is 13.5. The smallest absolute Gasteiger partial charge is 0.406 e. The molecule has 0 saturated carbocycles. The summed E-state index contributed by atoms with van der Waals surface area (Å²) in [6.45, 7) is 0.775. The van der Waals surface area contributed by atoms with E-state index in [1.807, 2.05) is 6.07 Å². The average Bonchev–Trinajstić information content (AvgIpc) is 3.70. The van der Waals surface area contributed by atoms with Crippen LogP contribution in [0.1, 0.15) is 11.1 Å². The van der Waals surface area contributed by atoms with Crippen LogP contribution in [-0.4, -0.2) is 44.0 Å². The number of hydrogen-bond acceptors (Lipinski definition) is 7. The minimum absolute atomic E-state index is 0.102. The van der Waals surface area contributed by atoms with E-state index in [4.69, 9.17) is 4.74 Å². The second-order valence-electron chi connectivity index (χ2n) is 9.00. The molecule has 0 aliphatic carbocycles. The molecule has 0 radical (unpaired) electrons. The van der Waals surface area contributed by atoms with Gasteiger partial charge >= 0.3 is 12.4 Å². The Kier molecular flexibility index (Phi) is 7.12. The summed E-state index contributed by atoms with van der Waals surface area (Å²) in [5.74, 6) is -1.17. The number of nitrogens with zero attached hydrogens (tertiary/aromatic N) is 5. The van der Waals surface area contributed by atoms with E-state index in [2.05, 4.69) is 25.1 Å². The van der Waals surface area contributed by atoms with Crippen LogP contribution in [0.4, 0.5) is 33.7 Å². The Morgan fingerprint density at radius 2 is 1.90 bits per heavy atom. The largest absolute Gasteiger partial charge is 0.573 e. The molecule has 15 heteroatoms. The van der Waals surface area contributed by atoms with Gasteiger partial charge in [-0.1, -0.05) is 23.9 Å². The number of halogens is 4. The topological polar surface area (TPSA) is 111 Å². The van der Waals surface area contributed by atoms with Gasteiger partial charge in [0.15, 0.2) is 11.0 Å². The molecule has 1 fully saturated rings. The number of ether oxygens (including phenoxy) is 2. The third-order valence-corrected chi connectivity index (χ3v) is 7.17. The fraction of sp³-hybridized carbons (Fsp3) is 0.148. The number of rotatable bonds is 5. The van der Waals surface area contributed by atoms with Crippen LogP contribution in [0.5, 0.6) is 5.75 Å². The summed E-state index contributed by atoms with van der Waals surface area (Å²) >= 11 is 1.10. The number of amides is 3. The van der Waals surface area contributed by atoms with Crippen LogP contribution in [0.3, 0.4) is 0 Å². The van der Waals surface area contributed by atoms with Crippen LogP contribution < -0.4 is 15.0 Å². The van der Waals surface area contributed by atoms with Gasteiger partial charge in [0.05, 0.1) is 36.0 Å². The minimum atomic E-state index is -4.81. The molecule has 1 N–H and O–H groups in total. The molecule has 0 bridgehead atoms. The summed E-state index contributed by atoms with van der Waals surface area (Å²) < 4.78 is 62.7. The van der Waals surface area contributed by atoms with Gasteiger partial charge in [-0.05, 0) is 54.1 Å². The first kappa shape index (κ1) is 27.4. The lowest BCUT2D eigenvalue weighted by Crippen LogP contribution is -2.31. The quantitative estimate of drug-likeness (QED) is 0.295. The Balaban J connectivity index is 1.16. The fourth-order valence-corrected chi connectivity index (χ4v) is 5.24. The van der Waals surface area contributed by atoms with Crippen LogP contribution in [0.25, 0.3) is 17.1 Å². The molecular formula is C27H18F4N6O4S. The molecule has 1 aromatic heterocycles. The number of anilines is 2. The Hall–Kier alpha value is -4.76. The van der Waals surface area contributed by atoms with Crippen molar-refractivity contribution in [1.29, 1.82) is 0 Å². The molecule has 42 heavy (non-hydrogen) atoms. The summed E-state index contributed by atoms with van der Waals surface area (Å²) in [5, 5.41) is 6.80. The number of urea groups is 1. The molecule has 1 saturated heterocycles. The number of aromatic nitrogens is 3. The number of nitrogens with one attached hydrogen (secondary N) is 1. The van der Waals surface area contributed by atoms with Crippen LogP contribution in [0.2, 0.25) is 0 Å². The average molecular weight is 599 g/mol. The van der Waals surface area contributed by atoms with Gasteiger partial charge in [0.2, 0.25) is 5.91 Å². The van der Waals surface area contributed by atoms with Gasteiger partial charge in [-0.25, -0.2) is 18.9 Å². The molecule has 0 spiro atoms. The lowest BCUT2D eigenvalue weighted by atomic mass is 10.1. The molecule has 214 valence electrons. The second kappa shape index (κ2) is 10.9. The zero-order valence-corrected chi connectivity index (χ0v) is 22.1. The van der Waals surface area contributed by atoms with E-state index in [1.165, 1.54) is 40.2 Å². The highest BCUT2D eigenvalue weighted by molar-refractivity contribution is 8.15. The maximum absolute atomic E-state index is 15.0. The number of hydrogen-bond donors (Lipinski definition) is 1. The third-order valence-electron chi connectivity index (χ3n) is 6.25. The van der Waals surface area contributed by atoms with E-state index >= 15 is 0 Å². The Bertz CT molecular complexity index is 1720. The lowest BCUT2D eigenvalue weighted by Gasteiger charge is -2.18. The highest BCUT2D eigenvalue weighted by atomic mass is 32.2. The SMILES string of the molecule is O=C(N=C1SCC(=O)N1c1cccc2c1COC2)Nc1ccc(-c2ncn(-c3ccc(OC(F)(F)F)cc3)n2)cc1F. The van der Waals surface area contributed by atoms with E-state index < -0.39 is 18.2 Å². The molecule has 3 amide bonds. The molecule has 10 nitrogen and oxygen atoms in total. The first-order chi connectivity index (χ1) is 20.1. The molecule has 6 rings (SSSR count). The molecule has 4 aromatic rings. The highest BCUT2D eigenvalue weighted by Gasteiger charge is 2.33. The van der Waals surface area contributed by atoms with Gasteiger partial charge in [-0.15, -0.1) is 18.3 Å². The van der Waals surface area contributed by atoms with E-state index in [0.717, 1.165) is 41.1 Å². The maximum atomic E-state index is 15.0. The van der Waals surface area contributed by atoms with Crippen LogP contribution in [0, 0.1) is 5.82 Å². The van der Waals surface area contributed by atoms with Gasteiger partial charge in [-0.3, -0.25) is 9.69 Å². The number of carbonyl (C=O) groups is 2. The normalized spacial score (nSPS) is 15.8. The van der Waals surface area contributed by atoms with Crippen molar-refractivity contribution >= 4 is 40.2 Å². The molecule has 2 aliphatic heterocycles. The van der Waals surface area contributed by atoms with Gasteiger partial charge in [0, 0.05) is 11.1 Å². The number of carbonyl (C=O) groups excluding carboxylic acids is 2. The van der Waals surface area contributed by atoms with E-state index in [0.29, 0.717) is 24.6 Å². The van der Waals surface area contributed by atoms with E-state index in [-0.39, 0.29) is 39.7 Å². The molecule has 2 aliphatic rings. The summed E-state index contributed by atoms with van der Waals surface area (Å²) in [5.41, 5.74) is 2.94. The monoisotopic (exact) mass is 598 g/mol. The van der Waals surface area contributed by atoms with Crippen molar-refractivity contribution < 1.29 is 36.6 Å². The van der Waals surface area contributed by atoms with E-state index in [9.17, 15) is 27.2 Å². The predicted molar refractivity (Wildman–Crippen MR) is 145 cm³/mol. The fourth-order valence-electron chi connectivity index (χ4n) is 4.38. The number of benzene rings is 3. The third kappa shape index (κ3) is 5.69. The number of alkyl halides is 3. The Labute approximate surface area is 239 Å². The van der Waals surface area contributed by atoms with Crippen molar-refractivity contribution in [3.05, 3.63) is 83.9 Å². The molecule has 0 unspecified atom stereocenters. The van der Waals surface area contributed by atoms with Crippen molar-refractivity contribution in [3.8, 4) is 22.8 Å². The minimum Gasteiger partial charge on any atom is -0.406 e. The maximum Gasteiger partial charge on any atom is 0.573 e. The highest BCUT2D eigenvalue weighted by Crippen LogP contribution is 2.35. The van der Waals surface area contributed by atoms with Crippen molar-refractivity contribution in [2.24, 2.45) is 4.99 Å². The van der Waals surface area contributed by atoms with Gasteiger partial charge in [0.1, 0.15) is 17.9 Å². The predicted octanol–water partition coefficient (Wildman–Crippen LogP) is 5.67. The van der Waals surface area contributed by atoms with Gasteiger partial charge in [-0.2, -0.15) is 4.99 Å².